The molecule has 0 aromatic rings. The first-order chi connectivity index (χ1) is 8.90. The van der Waals surface area contributed by atoms with Crippen molar-refractivity contribution in [2.75, 3.05) is 12.8 Å². The van der Waals surface area contributed by atoms with Gasteiger partial charge in [0.15, 0.2) is 0 Å². The van der Waals surface area contributed by atoms with Crippen LogP contribution in [0.5, 0.6) is 0 Å². The van der Waals surface area contributed by atoms with Crippen LogP contribution in [-0.2, 0) is 4.79 Å². The smallest absolute Gasteiger partial charge is 0.314 e. The van der Waals surface area contributed by atoms with Crippen molar-refractivity contribution in [3.05, 3.63) is 0 Å². The van der Waals surface area contributed by atoms with Crippen LogP contribution in [0.15, 0.2) is 0 Å². The minimum absolute atomic E-state index is 0.146. The monoisotopic (exact) mass is 288 g/mol. The average Bonchev–Trinajstić information content (AvgIpc) is 2.61. The van der Waals surface area contributed by atoms with Crippen LogP contribution < -0.4 is 10.6 Å². The lowest BCUT2D eigenvalue weighted by Crippen LogP contribution is -2.56. The number of aliphatic carboxylic acids is 1. The summed E-state index contributed by atoms with van der Waals surface area (Å²) in [4.78, 5) is 22.1. The van der Waals surface area contributed by atoms with E-state index in [-0.39, 0.29) is 18.0 Å². The third kappa shape index (κ3) is 4.30. The molecular formula is C13H24N2O3S. The van der Waals surface area contributed by atoms with Crippen molar-refractivity contribution in [1.29, 1.82) is 0 Å². The van der Waals surface area contributed by atoms with Gasteiger partial charge in [0.05, 0.1) is 5.54 Å². The Hall–Kier alpha value is -0.910. The lowest BCUT2D eigenvalue weighted by atomic mass is 9.83. The van der Waals surface area contributed by atoms with E-state index in [0.717, 1.165) is 18.6 Å². The molecule has 3 atom stereocenters. The van der Waals surface area contributed by atoms with E-state index in [0.29, 0.717) is 17.6 Å². The summed E-state index contributed by atoms with van der Waals surface area (Å²) in [5.41, 5.74) is -0.214. The Balaban J connectivity index is 2.51. The first-order valence-electron chi connectivity index (χ1n) is 6.73. The van der Waals surface area contributed by atoms with Crippen LogP contribution in [0.3, 0.4) is 0 Å². The first kappa shape index (κ1) is 16.1. The molecule has 0 bridgehead atoms. The van der Waals surface area contributed by atoms with Crippen molar-refractivity contribution in [3.8, 4) is 0 Å². The highest BCUT2D eigenvalue weighted by Gasteiger charge is 2.45. The summed E-state index contributed by atoms with van der Waals surface area (Å²) in [6.45, 7) is 4.24. The van der Waals surface area contributed by atoms with Gasteiger partial charge < -0.3 is 15.7 Å². The van der Waals surface area contributed by atoms with Gasteiger partial charge in [-0.1, -0.05) is 13.3 Å². The highest BCUT2D eigenvalue weighted by Crippen LogP contribution is 2.42. The Kier molecular flexibility index (Phi) is 5.97. The van der Waals surface area contributed by atoms with Gasteiger partial charge in [-0.05, 0) is 31.4 Å². The van der Waals surface area contributed by atoms with E-state index in [2.05, 4.69) is 24.5 Å². The third-order valence-corrected chi connectivity index (χ3v) is 5.78. The molecule has 2 amide bonds. The van der Waals surface area contributed by atoms with Crippen LogP contribution in [0.1, 0.15) is 39.5 Å². The van der Waals surface area contributed by atoms with Crippen molar-refractivity contribution in [2.24, 2.45) is 5.92 Å². The molecule has 1 rings (SSSR count). The number of hydrogen-bond acceptors (Lipinski definition) is 3. The summed E-state index contributed by atoms with van der Waals surface area (Å²) < 4.78 is 0. The SMILES string of the molecule is CNC(=O)N[C@@]1(C)[C@H](C)CS[C@H]1CCCCC(=O)O. The standard InChI is InChI=1S/C13H24N2O3S/c1-9-8-19-10(6-4-5-7-11(16)17)13(9,2)15-12(18)14-3/h9-10H,4-8H2,1-3H3,(H,16,17)(H2,14,15,18)/t9-,10+,13+/m1/s1. The Labute approximate surface area is 118 Å². The van der Waals surface area contributed by atoms with Crippen LogP contribution >= 0.6 is 11.8 Å². The molecule has 0 spiro atoms. The number of carbonyl (C=O) groups is 2. The Morgan fingerprint density at radius 2 is 2.11 bits per heavy atom. The van der Waals surface area contributed by atoms with Crippen LogP contribution in [0, 0.1) is 5.92 Å². The van der Waals surface area contributed by atoms with Gasteiger partial charge in [0, 0.05) is 18.7 Å². The molecule has 0 aromatic heterocycles. The average molecular weight is 288 g/mol. The lowest BCUT2D eigenvalue weighted by molar-refractivity contribution is -0.137. The van der Waals surface area contributed by atoms with Gasteiger partial charge in [-0.15, -0.1) is 0 Å². The van der Waals surface area contributed by atoms with Gasteiger partial charge in [-0.25, -0.2) is 4.79 Å². The number of hydrogen-bond donors (Lipinski definition) is 3. The van der Waals surface area contributed by atoms with Gasteiger partial charge in [0.2, 0.25) is 0 Å². The molecule has 3 N–H and O–H groups in total. The minimum Gasteiger partial charge on any atom is -0.481 e. The van der Waals surface area contributed by atoms with E-state index < -0.39 is 5.97 Å². The summed E-state index contributed by atoms with van der Waals surface area (Å²) in [5.74, 6) is 0.711. The second kappa shape index (κ2) is 7.03. The third-order valence-electron chi connectivity index (χ3n) is 3.96. The fourth-order valence-corrected chi connectivity index (χ4v) is 4.26. The highest BCUT2D eigenvalue weighted by molar-refractivity contribution is 8.00. The number of rotatable bonds is 6. The first-order valence-corrected chi connectivity index (χ1v) is 7.78. The van der Waals surface area contributed by atoms with Crippen LogP contribution in [0.2, 0.25) is 0 Å². The molecule has 1 aliphatic rings. The zero-order valence-electron chi connectivity index (χ0n) is 11.9. The second-order valence-electron chi connectivity index (χ2n) is 5.35. The maximum atomic E-state index is 11.6. The van der Waals surface area contributed by atoms with E-state index >= 15 is 0 Å². The summed E-state index contributed by atoms with van der Waals surface area (Å²) in [6, 6.07) is -0.146. The van der Waals surface area contributed by atoms with Gasteiger partial charge in [0.1, 0.15) is 0 Å². The maximum absolute atomic E-state index is 11.6. The number of urea groups is 1. The lowest BCUT2D eigenvalue weighted by Gasteiger charge is -2.35. The van der Waals surface area contributed by atoms with E-state index in [4.69, 9.17) is 5.11 Å². The number of carbonyl (C=O) groups excluding carboxylic acids is 1. The van der Waals surface area contributed by atoms with E-state index in [1.165, 1.54) is 0 Å². The molecule has 1 heterocycles. The molecule has 1 aliphatic heterocycles. The molecule has 0 aromatic carbocycles. The summed E-state index contributed by atoms with van der Waals surface area (Å²) >= 11 is 1.88. The summed E-state index contributed by atoms with van der Waals surface area (Å²) in [7, 11) is 1.62. The summed E-state index contributed by atoms with van der Waals surface area (Å²) in [5, 5.41) is 14.7. The van der Waals surface area contributed by atoms with Crippen molar-refractivity contribution in [3.63, 3.8) is 0 Å². The van der Waals surface area contributed by atoms with Gasteiger partial charge in [-0.2, -0.15) is 11.8 Å². The minimum atomic E-state index is -0.737. The maximum Gasteiger partial charge on any atom is 0.314 e. The molecule has 0 aliphatic carbocycles. The quantitative estimate of drug-likeness (QED) is 0.654. The molecule has 0 saturated carbocycles. The number of unbranched alkanes of at least 4 members (excludes halogenated alkanes) is 1. The van der Waals surface area contributed by atoms with Gasteiger partial charge >= 0.3 is 12.0 Å². The van der Waals surface area contributed by atoms with Gasteiger partial charge in [0.25, 0.3) is 0 Å². The predicted molar refractivity (Wildman–Crippen MR) is 77.5 cm³/mol. The Bertz CT molecular complexity index is 338. The van der Waals surface area contributed by atoms with Gasteiger partial charge in [-0.3, -0.25) is 4.79 Å². The molecule has 5 nitrogen and oxygen atoms in total. The number of thioether (sulfide) groups is 1. The van der Waals surface area contributed by atoms with Crippen LogP contribution in [0.25, 0.3) is 0 Å². The van der Waals surface area contributed by atoms with E-state index in [1.54, 1.807) is 7.05 Å². The molecule has 0 radical (unpaired) electrons. The van der Waals surface area contributed by atoms with Crippen molar-refractivity contribution >= 4 is 23.8 Å². The Morgan fingerprint density at radius 3 is 2.68 bits per heavy atom. The number of carboxylic acids is 1. The molecule has 0 unspecified atom stereocenters. The molecule has 1 fully saturated rings. The molecule has 110 valence electrons. The Morgan fingerprint density at radius 1 is 1.42 bits per heavy atom. The largest absolute Gasteiger partial charge is 0.481 e. The molecule has 1 saturated heterocycles. The zero-order valence-corrected chi connectivity index (χ0v) is 12.7. The van der Waals surface area contributed by atoms with E-state index in [1.807, 2.05) is 11.8 Å². The van der Waals surface area contributed by atoms with E-state index in [9.17, 15) is 9.59 Å². The zero-order chi connectivity index (χ0) is 14.5. The molecule has 6 heteroatoms. The van der Waals surface area contributed by atoms with Crippen LogP contribution in [0.4, 0.5) is 4.79 Å². The molecular weight excluding hydrogens is 264 g/mol. The molecule has 19 heavy (non-hydrogen) atoms. The topological polar surface area (TPSA) is 78.4 Å². The fraction of sp³-hybridized carbons (Fsp3) is 0.846. The van der Waals surface area contributed by atoms with Crippen molar-refractivity contribution in [2.45, 2.75) is 50.3 Å². The second-order valence-corrected chi connectivity index (χ2v) is 6.59. The highest BCUT2D eigenvalue weighted by atomic mass is 32.2. The predicted octanol–water partition coefficient (Wildman–Crippen LogP) is 2.07. The normalized spacial score (nSPS) is 30.1. The fourth-order valence-electron chi connectivity index (χ4n) is 2.42. The van der Waals surface area contributed by atoms with Crippen molar-refractivity contribution in [1.82, 2.24) is 10.6 Å². The van der Waals surface area contributed by atoms with Crippen molar-refractivity contribution < 1.29 is 14.7 Å². The van der Waals surface area contributed by atoms with Crippen LogP contribution in [-0.4, -0.2) is 40.7 Å². The summed E-state index contributed by atoms with van der Waals surface area (Å²) in [6.07, 6.45) is 2.77. The number of carboxylic acid groups (broad SMARTS) is 1. The number of nitrogens with one attached hydrogen (secondary N) is 2. The number of amides is 2.